The highest BCUT2D eigenvalue weighted by Crippen LogP contribution is 2.29. The van der Waals surface area contributed by atoms with Crippen molar-refractivity contribution in [3.05, 3.63) is 65.7 Å². The molecule has 0 bridgehead atoms. The Morgan fingerprint density at radius 3 is 2.67 bits per heavy atom. The topological polar surface area (TPSA) is 64.7 Å². The van der Waals surface area contributed by atoms with E-state index in [1.807, 2.05) is 0 Å². The third-order valence-electron chi connectivity index (χ3n) is 3.58. The van der Waals surface area contributed by atoms with Crippen LogP contribution in [0.15, 0.2) is 48.9 Å². The highest BCUT2D eigenvalue weighted by atomic mass is 19.4. The van der Waals surface area contributed by atoms with E-state index in [2.05, 4.69) is 15.5 Å². The van der Waals surface area contributed by atoms with E-state index in [1.165, 1.54) is 29.2 Å². The fraction of sp³-hybridized carbons (Fsp3) is 0.188. The zero-order valence-electron chi connectivity index (χ0n) is 13.5. The summed E-state index contributed by atoms with van der Waals surface area (Å²) in [5.41, 5.74) is -0.549. The van der Waals surface area contributed by atoms with Gasteiger partial charge in [0, 0.05) is 12.4 Å². The lowest BCUT2D eigenvalue weighted by molar-refractivity contribution is -0.137. The molecule has 1 amide bonds. The van der Waals surface area contributed by atoms with Gasteiger partial charge in [0.15, 0.2) is 0 Å². The minimum absolute atomic E-state index is 0.0365. The number of benzene rings is 1. The van der Waals surface area contributed by atoms with Crippen LogP contribution in [0.25, 0.3) is 0 Å². The van der Waals surface area contributed by atoms with Gasteiger partial charge in [-0.3, -0.25) is 9.48 Å². The second-order valence-electron chi connectivity index (χ2n) is 5.52. The summed E-state index contributed by atoms with van der Waals surface area (Å²) in [5, 5.41) is 9.69. The van der Waals surface area contributed by atoms with Crippen LogP contribution in [0.4, 0.5) is 27.6 Å². The molecule has 0 spiro atoms. The molecule has 1 N–H and O–H groups in total. The number of hydrogen-bond acceptors (Lipinski definition) is 3. The maximum atomic E-state index is 12.7. The first-order valence-electron chi connectivity index (χ1n) is 7.55. The van der Waals surface area contributed by atoms with E-state index in [9.17, 15) is 26.7 Å². The first-order valence-corrected chi connectivity index (χ1v) is 7.55. The fourth-order valence-corrected chi connectivity index (χ4v) is 2.39. The Morgan fingerprint density at radius 1 is 1.19 bits per heavy atom. The van der Waals surface area contributed by atoms with Crippen LogP contribution < -0.4 is 5.32 Å². The third kappa shape index (κ3) is 4.30. The second kappa shape index (κ2) is 7.17. The molecule has 1 aromatic carbocycles. The van der Waals surface area contributed by atoms with Gasteiger partial charge < -0.3 is 5.32 Å². The summed E-state index contributed by atoms with van der Waals surface area (Å²) in [6, 6.07) is 5.90. The molecule has 0 unspecified atom stereocenters. The SMILES string of the molecule is O=C(Nc1cnn(Cc2cccc(C(F)(F)F)c2)c1)c1ccnn1C(F)F. The number of amides is 1. The van der Waals surface area contributed by atoms with Crippen molar-refractivity contribution >= 4 is 11.6 Å². The molecule has 2 heterocycles. The highest BCUT2D eigenvalue weighted by Gasteiger charge is 2.30. The number of nitrogens with zero attached hydrogens (tertiary/aromatic N) is 4. The molecule has 0 fully saturated rings. The van der Waals surface area contributed by atoms with Gasteiger partial charge in [0.1, 0.15) is 5.69 Å². The lowest BCUT2D eigenvalue weighted by atomic mass is 10.1. The predicted molar refractivity (Wildman–Crippen MR) is 84.2 cm³/mol. The molecule has 0 aliphatic heterocycles. The summed E-state index contributed by atoms with van der Waals surface area (Å²) in [6.07, 6.45) is -0.749. The van der Waals surface area contributed by atoms with Crippen LogP contribution in [0, 0.1) is 0 Å². The number of carbonyl (C=O) groups excluding carboxylic acids is 1. The molecule has 0 saturated carbocycles. The molecule has 142 valence electrons. The van der Waals surface area contributed by atoms with E-state index in [0.29, 0.717) is 5.56 Å². The van der Waals surface area contributed by atoms with Gasteiger partial charge in [0.05, 0.1) is 24.0 Å². The molecule has 27 heavy (non-hydrogen) atoms. The molecular weight excluding hydrogens is 373 g/mol. The Hall–Kier alpha value is -3.24. The Kier molecular flexibility index (Phi) is 4.93. The molecule has 2 aromatic heterocycles. The van der Waals surface area contributed by atoms with Crippen molar-refractivity contribution in [1.29, 1.82) is 0 Å². The number of carbonyl (C=O) groups is 1. The van der Waals surface area contributed by atoms with Crippen molar-refractivity contribution in [2.75, 3.05) is 5.32 Å². The number of halogens is 5. The van der Waals surface area contributed by atoms with Crippen molar-refractivity contribution < 1.29 is 26.7 Å². The Morgan fingerprint density at radius 2 is 1.96 bits per heavy atom. The number of hydrogen-bond donors (Lipinski definition) is 1. The van der Waals surface area contributed by atoms with E-state index in [-0.39, 0.29) is 22.6 Å². The van der Waals surface area contributed by atoms with Crippen LogP contribution in [0.1, 0.15) is 28.2 Å². The van der Waals surface area contributed by atoms with Crippen LogP contribution in [0.3, 0.4) is 0 Å². The summed E-state index contributed by atoms with van der Waals surface area (Å²) < 4.78 is 65.3. The monoisotopic (exact) mass is 385 g/mol. The number of rotatable bonds is 5. The molecule has 0 atom stereocenters. The maximum Gasteiger partial charge on any atom is 0.416 e. The molecule has 0 aliphatic rings. The summed E-state index contributed by atoms with van der Waals surface area (Å²) in [4.78, 5) is 12.1. The number of nitrogens with one attached hydrogen (secondary N) is 1. The van der Waals surface area contributed by atoms with Gasteiger partial charge in [-0.25, -0.2) is 0 Å². The zero-order chi connectivity index (χ0) is 19.6. The number of anilines is 1. The van der Waals surface area contributed by atoms with Crippen LogP contribution in [0.5, 0.6) is 0 Å². The molecular formula is C16H12F5N5O. The van der Waals surface area contributed by atoms with Gasteiger partial charge >= 0.3 is 12.7 Å². The van der Waals surface area contributed by atoms with E-state index < -0.39 is 24.2 Å². The van der Waals surface area contributed by atoms with Crippen LogP contribution in [-0.2, 0) is 12.7 Å². The first-order chi connectivity index (χ1) is 12.7. The minimum atomic E-state index is -4.45. The maximum absolute atomic E-state index is 12.7. The normalized spacial score (nSPS) is 11.8. The molecule has 6 nitrogen and oxygen atoms in total. The lowest BCUT2D eigenvalue weighted by Crippen LogP contribution is -2.18. The van der Waals surface area contributed by atoms with E-state index in [0.717, 1.165) is 24.4 Å². The van der Waals surface area contributed by atoms with E-state index in [1.54, 1.807) is 0 Å². The quantitative estimate of drug-likeness (QED) is 0.680. The second-order valence-corrected chi connectivity index (χ2v) is 5.52. The summed E-state index contributed by atoms with van der Waals surface area (Å²) in [5.74, 6) is -0.814. The standard InChI is InChI=1S/C16H12F5N5O/c17-15(18)26-13(4-5-22-26)14(27)24-12-7-23-25(9-12)8-10-2-1-3-11(6-10)16(19,20)21/h1-7,9,15H,8H2,(H,24,27). The summed E-state index contributed by atoms with van der Waals surface area (Å²) in [7, 11) is 0. The molecule has 0 aliphatic carbocycles. The molecule has 3 aromatic rings. The Bertz CT molecular complexity index is 947. The Balaban J connectivity index is 1.70. The van der Waals surface area contributed by atoms with Gasteiger partial charge in [-0.05, 0) is 23.8 Å². The van der Waals surface area contributed by atoms with Crippen molar-refractivity contribution in [2.45, 2.75) is 19.3 Å². The first kappa shape index (κ1) is 18.5. The average molecular weight is 385 g/mol. The summed E-state index contributed by atoms with van der Waals surface area (Å²) in [6.45, 7) is -2.93. The van der Waals surface area contributed by atoms with Gasteiger partial charge in [0.2, 0.25) is 0 Å². The van der Waals surface area contributed by atoms with Gasteiger partial charge in [-0.1, -0.05) is 12.1 Å². The molecule has 3 rings (SSSR count). The summed E-state index contributed by atoms with van der Waals surface area (Å²) >= 11 is 0. The predicted octanol–water partition coefficient (Wildman–Crippen LogP) is 3.79. The fourth-order valence-electron chi connectivity index (χ4n) is 2.39. The van der Waals surface area contributed by atoms with Gasteiger partial charge in [0.25, 0.3) is 5.91 Å². The number of aromatic nitrogens is 4. The molecule has 0 saturated heterocycles. The smallest absolute Gasteiger partial charge is 0.318 e. The van der Waals surface area contributed by atoms with Crippen molar-refractivity contribution in [3.63, 3.8) is 0 Å². The van der Waals surface area contributed by atoms with Crippen molar-refractivity contribution in [2.24, 2.45) is 0 Å². The molecule has 11 heteroatoms. The van der Waals surface area contributed by atoms with E-state index >= 15 is 0 Å². The third-order valence-corrected chi connectivity index (χ3v) is 3.58. The minimum Gasteiger partial charge on any atom is -0.318 e. The van der Waals surface area contributed by atoms with Crippen molar-refractivity contribution in [1.82, 2.24) is 19.6 Å². The van der Waals surface area contributed by atoms with E-state index in [4.69, 9.17) is 0 Å². The highest BCUT2D eigenvalue weighted by molar-refractivity contribution is 6.02. The lowest BCUT2D eigenvalue weighted by Gasteiger charge is -2.08. The van der Waals surface area contributed by atoms with Crippen molar-refractivity contribution in [3.8, 4) is 0 Å². The Labute approximate surface area is 149 Å². The number of alkyl halides is 5. The zero-order valence-corrected chi connectivity index (χ0v) is 13.5. The van der Waals surface area contributed by atoms with Gasteiger partial charge in [-0.15, -0.1) is 0 Å². The van der Waals surface area contributed by atoms with Crippen LogP contribution in [-0.4, -0.2) is 25.5 Å². The van der Waals surface area contributed by atoms with Crippen LogP contribution in [0.2, 0.25) is 0 Å². The molecule has 0 radical (unpaired) electrons. The average Bonchev–Trinajstić information content (AvgIpc) is 3.24. The van der Waals surface area contributed by atoms with Gasteiger partial charge in [-0.2, -0.15) is 36.8 Å². The van der Waals surface area contributed by atoms with Crippen LogP contribution >= 0.6 is 0 Å². The largest absolute Gasteiger partial charge is 0.416 e.